The maximum Gasteiger partial charge on any atom is 0.408 e. The van der Waals surface area contributed by atoms with Gasteiger partial charge in [0.2, 0.25) is 10.0 Å². The van der Waals surface area contributed by atoms with Crippen LogP contribution in [0.2, 0.25) is 0 Å². The van der Waals surface area contributed by atoms with Gasteiger partial charge in [0.25, 0.3) is 0 Å². The zero-order valence-corrected chi connectivity index (χ0v) is 15.4. The van der Waals surface area contributed by atoms with Crippen molar-refractivity contribution in [3.05, 3.63) is 34.3 Å². The molecule has 1 aliphatic rings. The molecule has 2 N–H and O–H groups in total. The van der Waals surface area contributed by atoms with Gasteiger partial charge in [-0.25, -0.2) is 17.9 Å². The van der Waals surface area contributed by atoms with Crippen molar-refractivity contribution in [2.24, 2.45) is 0 Å². The molecule has 0 aliphatic carbocycles. The number of nitrogens with one attached hydrogen (secondary N) is 1. The summed E-state index contributed by atoms with van der Waals surface area (Å²) in [6, 6.07) is 6.83. The van der Waals surface area contributed by atoms with Gasteiger partial charge in [-0.15, -0.1) is 0 Å². The molecule has 0 spiro atoms. The first-order chi connectivity index (χ1) is 10.8. The van der Waals surface area contributed by atoms with Crippen LogP contribution < -0.4 is 4.72 Å². The average molecular weight is 405 g/mol. The molecule has 1 atom stereocenters. The molecule has 128 valence electrons. The average Bonchev–Trinajstić information content (AvgIpc) is 2.53. The summed E-state index contributed by atoms with van der Waals surface area (Å²) in [5, 5.41) is 9.60. The number of hydrogen-bond acceptors (Lipinski definition) is 3. The van der Waals surface area contributed by atoms with Crippen LogP contribution in [0.25, 0.3) is 0 Å². The molecule has 1 aromatic rings. The Morgan fingerprint density at radius 3 is 2.57 bits per heavy atom. The fourth-order valence-corrected chi connectivity index (χ4v) is 5.30. The Hall–Kier alpha value is -1.12. The van der Waals surface area contributed by atoms with Crippen LogP contribution in [0.5, 0.6) is 0 Å². The molecule has 1 heterocycles. The lowest BCUT2D eigenvalue weighted by atomic mass is 9.95. The summed E-state index contributed by atoms with van der Waals surface area (Å²) in [4.78, 5) is 11.2. The van der Waals surface area contributed by atoms with E-state index in [-0.39, 0.29) is 19.5 Å². The maximum atomic E-state index is 13.0. The predicted octanol–water partition coefficient (Wildman–Crippen LogP) is 3.10. The maximum absolute atomic E-state index is 13.0. The van der Waals surface area contributed by atoms with Gasteiger partial charge >= 0.3 is 6.09 Å². The summed E-state index contributed by atoms with van der Waals surface area (Å²) < 4.78 is 29.5. The number of hydrogen-bond donors (Lipinski definition) is 2. The number of carbonyl (C=O) groups is 1. The van der Waals surface area contributed by atoms with Gasteiger partial charge in [-0.05, 0) is 43.4 Å². The number of nitrogens with zero attached hydrogens (tertiary/aromatic N) is 1. The van der Waals surface area contributed by atoms with Crippen molar-refractivity contribution in [1.82, 2.24) is 9.62 Å². The van der Waals surface area contributed by atoms with Crippen LogP contribution in [0.3, 0.4) is 0 Å². The van der Waals surface area contributed by atoms with E-state index < -0.39 is 21.0 Å². The van der Waals surface area contributed by atoms with Crippen molar-refractivity contribution in [2.45, 2.75) is 37.5 Å². The molecular formula is C15H21BrN2O4S. The van der Waals surface area contributed by atoms with Crippen LogP contribution in [0.4, 0.5) is 4.79 Å². The van der Waals surface area contributed by atoms with Gasteiger partial charge in [0.1, 0.15) is 0 Å². The van der Waals surface area contributed by atoms with Gasteiger partial charge < -0.3 is 5.11 Å². The third-order valence-corrected chi connectivity index (χ3v) is 6.76. The Bertz CT molecular complexity index is 663. The summed E-state index contributed by atoms with van der Waals surface area (Å²) in [6.45, 7) is 2.36. The van der Waals surface area contributed by atoms with Crippen LogP contribution in [0, 0.1) is 0 Å². The zero-order chi connectivity index (χ0) is 17.1. The number of carboxylic acid groups (broad SMARTS) is 1. The molecule has 8 heteroatoms. The Balaban J connectivity index is 2.62. The first-order valence-electron chi connectivity index (χ1n) is 7.61. The fourth-order valence-electron chi connectivity index (χ4n) is 3.00. The number of rotatable bonds is 5. The highest BCUT2D eigenvalue weighted by Gasteiger charge is 2.53. The Morgan fingerprint density at radius 2 is 2.00 bits per heavy atom. The van der Waals surface area contributed by atoms with Crippen molar-refractivity contribution < 1.29 is 18.3 Å². The minimum atomic E-state index is -3.89. The van der Waals surface area contributed by atoms with Crippen LogP contribution >= 0.6 is 15.9 Å². The third kappa shape index (κ3) is 3.39. The molecule has 1 amide bonds. The summed E-state index contributed by atoms with van der Waals surface area (Å²) in [6.07, 6.45) is 0.998. The van der Waals surface area contributed by atoms with Gasteiger partial charge in [-0.3, -0.25) is 4.90 Å². The minimum Gasteiger partial charge on any atom is -0.465 e. The summed E-state index contributed by atoms with van der Waals surface area (Å²) in [7, 11) is -3.89. The van der Waals surface area contributed by atoms with E-state index in [4.69, 9.17) is 0 Å². The highest BCUT2D eigenvalue weighted by atomic mass is 79.9. The first-order valence-corrected chi connectivity index (χ1v) is 9.88. The Morgan fingerprint density at radius 1 is 1.35 bits per heavy atom. The van der Waals surface area contributed by atoms with E-state index in [1.165, 1.54) is 0 Å². The van der Waals surface area contributed by atoms with Gasteiger partial charge in [-0.1, -0.05) is 35.0 Å². The van der Waals surface area contributed by atoms with Crippen molar-refractivity contribution in [1.29, 1.82) is 0 Å². The van der Waals surface area contributed by atoms with Crippen LogP contribution in [0.15, 0.2) is 28.7 Å². The van der Waals surface area contributed by atoms with E-state index in [2.05, 4.69) is 20.7 Å². The van der Waals surface area contributed by atoms with E-state index in [1.807, 2.05) is 6.92 Å². The van der Waals surface area contributed by atoms with E-state index in [0.29, 0.717) is 24.8 Å². The molecule has 1 fully saturated rings. The van der Waals surface area contributed by atoms with Crippen molar-refractivity contribution >= 4 is 32.0 Å². The number of piperidine rings is 1. The Labute approximate surface area is 145 Å². The topological polar surface area (TPSA) is 86.7 Å². The van der Waals surface area contributed by atoms with Crippen LogP contribution in [0.1, 0.15) is 38.2 Å². The lowest BCUT2D eigenvalue weighted by Gasteiger charge is -2.44. The van der Waals surface area contributed by atoms with Crippen molar-refractivity contribution in [2.75, 3.05) is 13.1 Å². The number of likely N-dealkylation sites (tertiary alicyclic amines) is 1. The van der Waals surface area contributed by atoms with Gasteiger partial charge in [0.05, 0.1) is 0 Å². The van der Waals surface area contributed by atoms with Crippen molar-refractivity contribution in [3.8, 4) is 0 Å². The van der Waals surface area contributed by atoms with E-state index in [0.717, 1.165) is 9.37 Å². The van der Waals surface area contributed by atoms with Gasteiger partial charge in [0.15, 0.2) is 4.87 Å². The monoisotopic (exact) mass is 404 g/mol. The molecule has 0 bridgehead atoms. The smallest absolute Gasteiger partial charge is 0.408 e. The standard InChI is InChI=1S/C15H21BrN2O4S/c1-2-10-17-23(21,22)15(12-5-7-13(16)8-6-12)9-3-4-11-18(15)14(19)20/h5-8,17H,2-4,9-11H2,1H3,(H,19,20). The number of amides is 1. The first kappa shape index (κ1) is 18.2. The molecule has 6 nitrogen and oxygen atoms in total. The lowest BCUT2D eigenvalue weighted by Crippen LogP contribution is -2.59. The predicted molar refractivity (Wildman–Crippen MR) is 91.6 cm³/mol. The molecule has 0 saturated carbocycles. The molecule has 23 heavy (non-hydrogen) atoms. The second kappa shape index (κ2) is 7.19. The minimum absolute atomic E-state index is 0.207. The zero-order valence-electron chi connectivity index (χ0n) is 13.0. The Kier molecular flexibility index (Phi) is 5.70. The quantitative estimate of drug-likeness (QED) is 0.788. The lowest BCUT2D eigenvalue weighted by molar-refractivity contribution is 0.0865. The third-order valence-electron chi connectivity index (χ3n) is 4.10. The molecule has 1 aliphatic heterocycles. The molecule has 0 aromatic heterocycles. The molecule has 1 aromatic carbocycles. The molecular weight excluding hydrogens is 384 g/mol. The number of benzene rings is 1. The van der Waals surface area contributed by atoms with E-state index in [9.17, 15) is 18.3 Å². The second-order valence-corrected chi connectivity index (χ2v) is 8.47. The van der Waals surface area contributed by atoms with E-state index in [1.54, 1.807) is 24.3 Å². The molecule has 2 rings (SSSR count). The fraction of sp³-hybridized carbons (Fsp3) is 0.533. The molecule has 1 unspecified atom stereocenters. The summed E-state index contributed by atoms with van der Waals surface area (Å²) in [5.41, 5.74) is 0.478. The highest BCUT2D eigenvalue weighted by Crippen LogP contribution is 2.42. The SMILES string of the molecule is CCCNS(=O)(=O)C1(c2ccc(Br)cc2)CCCCN1C(=O)O. The largest absolute Gasteiger partial charge is 0.465 e. The normalized spacial score (nSPS) is 22.1. The number of sulfonamides is 1. The van der Waals surface area contributed by atoms with Gasteiger partial charge in [-0.2, -0.15) is 0 Å². The number of halogens is 1. The van der Waals surface area contributed by atoms with Crippen molar-refractivity contribution in [3.63, 3.8) is 0 Å². The van der Waals surface area contributed by atoms with Crippen LogP contribution in [-0.2, 0) is 14.9 Å². The highest BCUT2D eigenvalue weighted by molar-refractivity contribution is 9.10. The summed E-state index contributed by atoms with van der Waals surface area (Å²) >= 11 is 3.33. The van der Waals surface area contributed by atoms with Gasteiger partial charge in [0, 0.05) is 17.6 Å². The molecule has 1 saturated heterocycles. The van der Waals surface area contributed by atoms with Crippen LogP contribution in [-0.4, -0.2) is 37.6 Å². The molecule has 0 radical (unpaired) electrons. The second-order valence-electron chi connectivity index (χ2n) is 5.58. The summed E-state index contributed by atoms with van der Waals surface area (Å²) in [5.74, 6) is 0. The van der Waals surface area contributed by atoms with E-state index >= 15 is 0 Å².